The topological polar surface area (TPSA) is 38.7 Å². The summed E-state index contributed by atoms with van der Waals surface area (Å²) in [5.41, 5.74) is 1.06. The van der Waals surface area contributed by atoms with Crippen LogP contribution < -0.4 is 0 Å². The third-order valence-electron chi connectivity index (χ3n) is 4.25. The van der Waals surface area contributed by atoms with E-state index in [1.165, 1.54) is 0 Å². The van der Waals surface area contributed by atoms with Gasteiger partial charge in [0.1, 0.15) is 6.10 Å². The van der Waals surface area contributed by atoms with Crippen molar-refractivity contribution in [1.29, 1.82) is 0 Å². The van der Waals surface area contributed by atoms with Crippen molar-refractivity contribution in [2.24, 2.45) is 0 Å². The van der Waals surface area contributed by atoms with E-state index in [9.17, 15) is 5.11 Å². The van der Waals surface area contributed by atoms with Crippen LogP contribution in [0.25, 0.3) is 0 Å². The van der Waals surface area contributed by atoms with Gasteiger partial charge in [-0.05, 0) is 30.6 Å². The molecule has 2 atom stereocenters. The van der Waals surface area contributed by atoms with Crippen molar-refractivity contribution in [2.45, 2.75) is 58.0 Å². The Morgan fingerprint density at radius 3 is 2.14 bits per heavy atom. The summed E-state index contributed by atoms with van der Waals surface area (Å²) in [6.07, 6.45) is -0.552. The number of rotatable bonds is 7. The number of aliphatic hydroxyl groups is 1. The molecule has 0 unspecified atom stereocenters. The maximum absolute atomic E-state index is 9.70. The molecule has 0 aliphatic carbocycles. The molecule has 4 heteroatoms. The molecule has 120 valence electrons. The number of aliphatic hydroxyl groups excluding tert-OH is 1. The molecule has 1 N–H and O–H groups in total. The molecule has 0 saturated carbocycles. The molecule has 0 aliphatic rings. The third kappa shape index (κ3) is 4.92. The third-order valence-corrected chi connectivity index (χ3v) is 8.71. The van der Waals surface area contributed by atoms with Crippen molar-refractivity contribution in [3.05, 3.63) is 35.9 Å². The van der Waals surface area contributed by atoms with Gasteiger partial charge < -0.3 is 14.3 Å². The molecular formula is C17H30O3Si. The Morgan fingerprint density at radius 1 is 1.14 bits per heavy atom. The zero-order valence-corrected chi connectivity index (χ0v) is 15.2. The van der Waals surface area contributed by atoms with Crippen molar-refractivity contribution < 1.29 is 14.3 Å². The van der Waals surface area contributed by atoms with Gasteiger partial charge in [0.15, 0.2) is 8.32 Å². The van der Waals surface area contributed by atoms with Gasteiger partial charge in [0.05, 0.1) is 12.7 Å². The number of hydrogen-bond acceptors (Lipinski definition) is 3. The van der Waals surface area contributed by atoms with Crippen LogP contribution in [0, 0.1) is 0 Å². The Bertz CT molecular complexity index is 412. The molecule has 0 amide bonds. The van der Waals surface area contributed by atoms with Gasteiger partial charge in [0, 0.05) is 6.61 Å². The summed E-state index contributed by atoms with van der Waals surface area (Å²) >= 11 is 0. The zero-order chi connectivity index (χ0) is 16.1. The van der Waals surface area contributed by atoms with Crippen LogP contribution in [0.3, 0.4) is 0 Å². The number of ether oxygens (including phenoxy) is 1. The van der Waals surface area contributed by atoms with Gasteiger partial charge in [-0.1, -0.05) is 51.1 Å². The monoisotopic (exact) mass is 310 g/mol. The van der Waals surface area contributed by atoms with E-state index in [-0.39, 0.29) is 23.9 Å². The van der Waals surface area contributed by atoms with Crippen molar-refractivity contribution in [3.8, 4) is 0 Å². The summed E-state index contributed by atoms with van der Waals surface area (Å²) in [7, 11) is -1.95. The lowest BCUT2D eigenvalue weighted by atomic mass is 10.1. The average molecular weight is 311 g/mol. The van der Waals surface area contributed by atoms with Crippen LogP contribution in [-0.4, -0.2) is 32.7 Å². The second kappa shape index (κ2) is 7.54. The Morgan fingerprint density at radius 2 is 1.71 bits per heavy atom. The van der Waals surface area contributed by atoms with Gasteiger partial charge in [-0.25, -0.2) is 0 Å². The molecule has 1 rings (SSSR count). The predicted molar refractivity (Wildman–Crippen MR) is 90.0 cm³/mol. The Labute approximate surface area is 130 Å². The lowest BCUT2D eigenvalue weighted by molar-refractivity contribution is -0.0550. The largest absolute Gasteiger partial charge is 0.407 e. The van der Waals surface area contributed by atoms with Crippen LogP contribution in [0.5, 0.6) is 0 Å². The van der Waals surface area contributed by atoms with E-state index in [4.69, 9.17) is 9.16 Å². The first-order valence-corrected chi connectivity index (χ1v) is 10.6. The highest BCUT2D eigenvalue weighted by Gasteiger charge is 2.41. The highest BCUT2D eigenvalue weighted by molar-refractivity contribution is 6.74. The van der Waals surface area contributed by atoms with E-state index in [1.54, 1.807) is 0 Å². The van der Waals surface area contributed by atoms with E-state index in [0.717, 1.165) is 5.56 Å². The standard InChI is InChI=1S/C17H30O3Si/c1-7-19-15(13-18)16(14-11-9-8-10-12-14)20-21(5,6)17(2,3)4/h8-12,15-16,18H,7,13H2,1-6H3/t15-,16-/m1/s1. The smallest absolute Gasteiger partial charge is 0.193 e. The van der Waals surface area contributed by atoms with E-state index < -0.39 is 8.32 Å². The SMILES string of the molecule is CCO[C@H](CO)[C@H](O[Si](C)(C)C(C)(C)C)c1ccccc1. The highest BCUT2D eigenvalue weighted by Crippen LogP contribution is 2.40. The van der Waals surface area contributed by atoms with Gasteiger partial charge in [-0.2, -0.15) is 0 Å². The summed E-state index contributed by atoms with van der Waals surface area (Å²) in [6, 6.07) is 10.1. The molecule has 0 heterocycles. The summed E-state index contributed by atoms with van der Waals surface area (Å²) in [5, 5.41) is 9.82. The lowest BCUT2D eigenvalue weighted by Crippen LogP contribution is -2.45. The first kappa shape index (κ1) is 18.4. The fraction of sp³-hybridized carbons (Fsp3) is 0.647. The van der Waals surface area contributed by atoms with Gasteiger partial charge in [-0.3, -0.25) is 0 Å². The molecule has 3 nitrogen and oxygen atoms in total. The molecule has 0 fully saturated rings. The van der Waals surface area contributed by atoms with E-state index in [2.05, 4.69) is 33.9 Å². The Balaban J connectivity index is 3.08. The van der Waals surface area contributed by atoms with Crippen LogP contribution in [0.2, 0.25) is 18.1 Å². The van der Waals surface area contributed by atoms with Crippen molar-refractivity contribution in [3.63, 3.8) is 0 Å². The Hall–Kier alpha value is -0.683. The minimum Gasteiger partial charge on any atom is -0.407 e. The lowest BCUT2D eigenvalue weighted by Gasteiger charge is -2.41. The number of hydrogen-bond donors (Lipinski definition) is 1. The molecule has 0 aliphatic heterocycles. The average Bonchev–Trinajstić information content (AvgIpc) is 2.42. The van der Waals surface area contributed by atoms with E-state index in [0.29, 0.717) is 6.61 Å². The summed E-state index contributed by atoms with van der Waals surface area (Å²) in [4.78, 5) is 0. The van der Waals surface area contributed by atoms with Gasteiger partial charge in [0.2, 0.25) is 0 Å². The van der Waals surface area contributed by atoms with Crippen LogP contribution in [0.15, 0.2) is 30.3 Å². The zero-order valence-electron chi connectivity index (χ0n) is 14.2. The maximum atomic E-state index is 9.70. The molecule has 21 heavy (non-hydrogen) atoms. The fourth-order valence-electron chi connectivity index (χ4n) is 1.95. The molecular weight excluding hydrogens is 280 g/mol. The van der Waals surface area contributed by atoms with Gasteiger partial charge in [0.25, 0.3) is 0 Å². The van der Waals surface area contributed by atoms with Crippen LogP contribution in [0.1, 0.15) is 39.4 Å². The minimum absolute atomic E-state index is 0.0397. The van der Waals surface area contributed by atoms with Crippen LogP contribution in [0.4, 0.5) is 0 Å². The fourth-order valence-corrected chi connectivity index (χ4v) is 3.22. The molecule has 0 saturated heterocycles. The quantitative estimate of drug-likeness (QED) is 0.769. The molecule has 0 radical (unpaired) electrons. The van der Waals surface area contributed by atoms with Crippen molar-refractivity contribution in [1.82, 2.24) is 0 Å². The van der Waals surface area contributed by atoms with Crippen LogP contribution >= 0.6 is 0 Å². The molecule has 0 aromatic heterocycles. The summed E-state index contributed by atoms with van der Waals surface area (Å²) in [6.45, 7) is 13.6. The number of benzene rings is 1. The molecule has 1 aromatic carbocycles. The summed E-state index contributed by atoms with van der Waals surface area (Å²) < 4.78 is 12.3. The Kier molecular flexibility index (Phi) is 6.59. The summed E-state index contributed by atoms with van der Waals surface area (Å²) in [5.74, 6) is 0. The van der Waals surface area contributed by atoms with E-state index >= 15 is 0 Å². The van der Waals surface area contributed by atoms with Crippen molar-refractivity contribution >= 4 is 8.32 Å². The normalized spacial score (nSPS) is 15.8. The molecule has 1 aromatic rings. The highest BCUT2D eigenvalue weighted by atomic mass is 28.4. The van der Waals surface area contributed by atoms with Crippen LogP contribution in [-0.2, 0) is 9.16 Å². The van der Waals surface area contributed by atoms with Gasteiger partial charge in [-0.15, -0.1) is 0 Å². The van der Waals surface area contributed by atoms with E-state index in [1.807, 2.05) is 37.3 Å². The second-order valence-corrected chi connectivity index (χ2v) is 11.6. The second-order valence-electron chi connectivity index (χ2n) is 6.89. The first-order chi connectivity index (χ1) is 9.73. The van der Waals surface area contributed by atoms with Crippen molar-refractivity contribution in [2.75, 3.05) is 13.2 Å². The maximum Gasteiger partial charge on any atom is 0.193 e. The van der Waals surface area contributed by atoms with Gasteiger partial charge >= 0.3 is 0 Å². The molecule has 0 spiro atoms. The first-order valence-electron chi connectivity index (χ1n) is 7.68. The minimum atomic E-state index is -1.95. The predicted octanol–water partition coefficient (Wildman–Crippen LogP) is 4.15. The molecule has 0 bridgehead atoms.